The highest BCUT2D eigenvalue weighted by atomic mass is 16.1. The van der Waals surface area contributed by atoms with E-state index < -0.39 is 0 Å². The third-order valence-corrected chi connectivity index (χ3v) is 6.04. The molecule has 0 spiro atoms. The maximum atomic E-state index is 10.7. The van der Waals surface area contributed by atoms with Crippen LogP contribution in [0.4, 0.5) is 0 Å². The summed E-state index contributed by atoms with van der Waals surface area (Å²) in [5.74, 6) is 0.720. The SMILES string of the molecule is C=Cc1ccc(CC2CCCCC2NC)cc1CN(C)C(C=C)CCC=O. The van der Waals surface area contributed by atoms with E-state index in [2.05, 4.69) is 55.7 Å². The fourth-order valence-corrected chi connectivity index (χ4v) is 4.40. The van der Waals surface area contributed by atoms with Crippen LogP contribution < -0.4 is 5.32 Å². The van der Waals surface area contributed by atoms with Crippen LogP contribution in [0.25, 0.3) is 6.08 Å². The van der Waals surface area contributed by atoms with E-state index >= 15 is 0 Å². The number of likely N-dealkylation sites (N-methyl/N-ethyl adjacent to an activating group) is 1. The summed E-state index contributed by atoms with van der Waals surface area (Å²) in [5.41, 5.74) is 3.91. The minimum atomic E-state index is 0.212. The van der Waals surface area contributed by atoms with Gasteiger partial charge in [0.25, 0.3) is 0 Å². The molecular weight excluding hydrogens is 332 g/mol. The zero-order valence-corrected chi connectivity index (χ0v) is 17.1. The number of hydrogen-bond acceptors (Lipinski definition) is 3. The van der Waals surface area contributed by atoms with E-state index in [-0.39, 0.29) is 6.04 Å². The van der Waals surface area contributed by atoms with Crippen molar-refractivity contribution in [3.8, 4) is 0 Å². The van der Waals surface area contributed by atoms with Gasteiger partial charge in [0.2, 0.25) is 0 Å². The molecule has 148 valence electrons. The first-order valence-electron chi connectivity index (χ1n) is 10.3. The smallest absolute Gasteiger partial charge is 0.120 e. The van der Waals surface area contributed by atoms with Gasteiger partial charge in [0.15, 0.2) is 0 Å². The Morgan fingerprint density at radius 2 is 2.07 bits per heavy atom. The lowest BCUT2D eigenvalue weighted by atomic mass is 9.80. The van der Waals surface area contributed by atoms with Crippen LogP contribution in [-0.4, -0.2) is 37.4 Å². The Labute approximate surface area is 165 Å². The molecule has 1 aliphatic rings. The number of aldehydes is 1. The zero-order valence-electron chi connectivity index (χ0n) is 17.1. The Balaban J connectivity index is 2.13. The van der Waals surface area contributed by atoms with Crippen molar-refractivity contribution in [3.05, 3.63) is 54.1 Å². The van der Waals surface area contributed by atoms with E-state index in [1.54, 1.807) is 0 Å². The Morgan fingerprint density at radius 1 is 1.30 bits per heavy atom. The molecule has 0 saturated heterocycles. The van der Waals surface area contributed by atoms with E-state index in [9.17, 15) is 4.79 Å². The van der Waals surface area contributed by atoms with Gasteiger partial charge < -0.3 is 10.1 Å². The molecule has 3 nitrogen and oxygen atoms in total. The second-order valence-electron chi connectivity index (χ2n) is 7.84. The Morgan fingerprint density at radius 3 is 2.74 bits per heavy atom. The van der Waals surface area contributed by atoms with Crippen molar-refractivity contribution in [3.63, 3.8) is 0 Å². The van der Waals surface area contributed by atoms with Crippen molar-refractivity contribution in [2.24, 2.45) is 5.92 Å². The van der Waals surface area contributed by atoms with Crippen molar-refractivity contribution < 1.29 is 4.79 Å². The molecule has 1 aromatic carbocycles. The van der Waals surface area contributed by atoms with Crippen LogP contribution in [0.5, 0.6) is 0 Å². The molecule has 0 bridgehead atoms. The van der Waals surface area contributed by atoms with E-state index in [1.165, 1.54) is 42.4 Å². The molecule has 1 saturated carbocycles. The molecule has 1 aliphatic carbocycles. The number of hydrogen-bond donors (Lipinski definition) is 1. The quantitative estimate of drug-likeness (QED) is 0.457. The molecule has 2 rings (SSSR count). The third kappa shape index (κ3) is 6.15. The fraction of sp³-hybridized carbons (Fsp3) is 0.542. The molecule has 1 N–H and O–H groups in total. The van der Waals surface area contributed by atoms with Gasteiger partial charge in [-0.2, -0.15) is 0 Å². The van der Waals surface area contributed by atoms with Gasteiger partial charge in [-0.25, -0.2) is 0 Å². The van der Waals surface area contributed by atoms with Crippen molar-refractivity contribution in [2.75, 3.05) is 14.1 Å². The van der Waals surface area contributed by atoms with Gasteiger partial charge in [0, 0.05) is 25.0 Å². The Bertz CT molecular complexity index is 625. The first-order valence-corrected chi connectivity index (χ1v) is 10.3. The van der Waals surface area contributed by atoms with Gasteiger partial charge in [-0.3, -0.25) is 4.90 Å². The summed E-state index contributed by atoms with van der Waals surface area (Å²) < 4.78 is 0. The molecule has 0 aliphatic heterocycles. The molecular formula is C24H36N2O. The molecule has 0 radical (unpaired) electrons. The van der Waals surface area contributed by atoms with Crippen LogP contribution in [0, 0.1) is 5.92 Å². The minimum Gasteiger partial charge on any atom is -0.317 e. The van der Waals surface area contributed by atoms with E-state index in [0.29, 0.717) is 12.5 Å². The van der Waals surface area contributed by atoms with E-state index in [0.717, 1.165) is 31.6 Å². The molecule has 0 amide bonds. The topological polar surface area (TPSA) is 32.3 Å². The molecule has 3 atom stereocenters. The predicted molar refractivity (Wildman–Crippen MR) is 116 cm³/mol. The molecule has 0 heterocycles. The summed E-state index contributed by atoms with van der Waals surface area (Å²) in [4.78, 5) is 13.0. The highest BCUT2D eigenvalue weighted by Crippen LogP contribution is 2.28. The number of nitrogens with one attached hydrogen (secondary N) is 1. The number of benzene rings is 1. The van der Waals surface area contributed by atoms with E-state index in [4.69, 9.17) is 0 Å². The van der Waals surface area contributed by atoms with Crippen molar-refractivity contribution in [2.45, 2.75) is 63.6 Å². The van der Waals surface area contributed by atoms with E-state index in [1.807, 2.05) is 12.2 Å². The van der Waals surface area contributed by atoms with Gasteiger partial charge in [0.1, 0.15) is 6.29 Å². The van der Waals surface area contributed by atoms with Crippen molar-refractivity contribution in [1.82, 2.24) is 10.2 Å². The van der Waals surface area contributed by atoms with Gasteiger partial charge in [-0.05, 0) is 62.4 Å². The summed E-state index contributed by atoms with van der Waals surface area (Å²) in [6.45, 7) is 8.77. The Hall–Kier alpha value is -1.71. The molecule has 1 fully saturated rings. The van der Waals surface area contributed by atoms with Crippen LogP contribution in [0.15, 0.2) is 37.4 Å². The molecule has 27 heavy (non-hydrogen) atoms. The summed E-state index contributed by atoms with van der Waals surface area (Å²) in [5, 5.41) is 3.52. The average Bonchev–Trinajstić information content (AvgIpc) is 2.69. The molecule has 1 aromatic rings. The highest BCUT2D eigenvalue weighted by Gasteiger charge is 2.24. The lowest BCUT2D eigenvalue weighted by molar-refractivity contribution is -0.108. The molecule has 0 aromatic heterocycles. The second kappa shape index (κ2) is 11.2. The van der Waals surface area contributed by atoms with Crippen LogP contribution in [-0.2, 0) is 17.8 Å². The number of carbonyl (C=O) groups is 1. The van der Waals surface area contributed by atoms with Gasteiger partial charge >= 0.3 is 0 Å². The van der Waals surface area contributed by atoms with Crippen LogP contribution in [0.3, 0.4) is 0 Å². The lowest BCUT2D eigenvalue weighted by Crippen LogP contribution is -2.37. The largest absolute Gasteiger partial charge is 0.317 e. The third-order valence-electron chi connectivity index (χ3n) is 6.04. The number of carbonyl (C=O) groups excluding carboxylic acids is 1. The first kappa shape index (κ1) is 21.6. The summed E-state index contributed by atoms with van der Waals surface area (Å²) >= 11 is 0. The average molecular weight is 369 g/mol. The summed E-state index contributed by atoms with van der Waals surface area (Å²) in [6, 6.07) is 7.67. The lowest BCUT2D eigenvalue weighted by Gasteiger charge is -2.31. The zero-order chi connectivity index (χ0) is 19.6. The maximum absolute atomic E-state index is 10.7. The van der Waals surface area contributed by atoms with Crippen LogP contribution >= 0.6 is 0 Å². The minimum absolute atomic E-state index is 0.212. The van der Waals surface area contributed by atoms with Crippen LogP contribution in [0.2, 0.25) is 0 Å². The fourth-order valence-electron chi connectivity index (χ4n) is 4.40. The monoisotopic (exact) mass is 368 g/mol. The standard InChI is InChI=1S/C24H36N2O/c1-5-20-14-13-19(16-21-10-7-8-12-24(21)25-3)17-22(20)18-26(4)23(6-2)11-9-15-27/h5-6,13-15,17,21,23-25H,1-2,7-12,16,18H2,3-4H3. The maximum Gasteiger partial charge on any atom is 0.120 e. The first-order chi connectivity index (χ1) is 13.1. The molecule has 3 unspecified atom stereocenters. The molecule has 3 heteroatoms. The van der Waals surface area contributed by atoms with Gasteiger partial charge in [0.05, 0.1) is 0 Å². The van der Waals surface area contributed by atoms with Crippen molar-refractivity contribution in [1.29, 1.82) is 0 Å². The predicted octanol–water partition coefficient (Wildman–Crippen LogP) is 4.62. The highest BCUT2D eigenvalue weighted by molar-refractivity contribution is 5.53. The second-order valence-corrected chi connectivity index (χ2v) is 7.84. The summed E-state index contributed by atoms with van der Waals surface area (Å²) in [7, 11) is 4.20. The Kier molecular flexibility index (Phi) is 8.96. The number of rotatable bonds is 11. The van der Waals surface area contributed by atoms with Crippen molar-refractivity contribution >= 4 is 12.4 Å². The number of nitrogens with zero attached hydrogens (tertiary/aromatic N) is 1. The normalized spacial score (nSPS) is 21.0. The van der Waals surface area contributed by atoms with Gasteiger partial charge in [-0.15, -0.1) is 6.58 Å². The summed E-state index contributed by atoms with van der Waals surface area (Å²) in [6.07, 6.45) is 12.7. The van der Waals surface area contributed by atoms with Crippen LogP contribution in [0.1, 0.15) is 55.2 Å². The van der Waals surface area contributed by atoms with Gasteiger partial charge in [-0.1, -0.05) is 49.8 Å².